The predicted molar refractivity (Wildman–Crippen MR) is 94.5 cm³/mol. The minimum atomic E-state index is -0.752. The second-order valence-corrected chi connectivity index (χ2v) is 5.54. The van der Waals surface area contributed by atoms with Crippen molar-refractivity contribution in [3.05, 3.63) is 72.3 Å². The Kier molecular flexibility index (Phi) is 5.25. The molecule has 0 aliphatic heterocycles. The molecule has 0 bridgehead atoms. The van der Waals surface area contributed by atoms with Crippen LogP contribution < -0.4 is 10.1 Å². The predicted octanol–water partition coefficient (Wildman–Crippen LogP) is 2.22. The van der Waals surface area contributed by atoms with Crippen LogP contribution in [-0.2, 0) is 11.3 Å². The van der Waals surface area contributed by atoms with Gasteiger partial charge in [-0.15, -0.1) is 10.2 Å². The molecule has 0 aliphatic carbocycles. The van der Waals surface area contributed by atoms with Gasteiger partial charge in [-0.2, -0.15) is 5.26 Å². The van der Waals surface area contributed by atoms with Gasteiger partial charge in [0.05, 0.1) is 12.1 Å². The number of carbonyl (C=O) groups is 1. The van der Waals surface area contributed by atoms with Crippen molar-refractivity contribution >= 4 is 5.91 Å². The van der Waals surface area contributed by atoms with Crippen molar-refractivity contribution in [3.8, 4) is 17.5 Å². The maximum absolute atomic E-state index is 12.3. The molecule has 0 saturated heterocycles. The van der Waals surface area contributed by atoms with Crippen LogP contribution in [0.5, 0.6) is 5.75 Å². The Bertz CT molecular complexity index is 930. The molecule has 1 aromatic heterocycles. The lowest BCUT2D eigenvalue weighted by atomic mass is 10.2. The minimum absolute atomic E-state index is 0.210. The number of ether oxygens (including phenoxy) is 1. The third-order valence-corrected chi connectivity index (χ3v) is 3.75. The highest BCUT2D eigenvalue weighted by Crippen LogP contribution is 2.18. The molecule has 2 aromatic carbocycles. The van der Waals surface area contributed by atoms with E-state index in [0.717, 1.165) is 5.69 Å². The smallest absolute Gasteiger partial charge is 0.261 e. The number of benzene rings is 2. The zero-order valence-corrected chi connectivity index (χ0v) is 14.2. The first kappa shape index (κ1) is 17.2. The SMILES string of the molecule is C[C@H](Oc1ccccc1C#N)C(=O)NCc1nncn1-c1ccccc1. The van der Waals surface area contributed by atoms with Crippen molar-refractivity contribution in [2.45, 2.75) is 19.6 Å². The second-order valence-electron chi connectivity index (χ2n) is 5.54. The van der Waals surface area contributed by atoms with Gasteiger partial charge in [0.2, 0.25) is 0 Å². The average molecular weight is 347 g/mol. The number of nitrogens with one attached hydrogen (secondary N) is 1. The Morgan fingerprint density at radius 1 is 1.23 bits per heavy atom. The maximum atomic E-state index is 12.3. The zero-order valence-electron chi connectivity index (χ0n) is 14.2. The number of nitrogens with zero attached hydrogens (tertiary/aromatic N) is 4. The minimum Gasteiger partial charge on any atom is -0.480 e. The summed E-state index contributed by atoms with van der Waals surface area (Å²) in [6.45, 7) is 1.84. The van der Waals surface area contributed by atoms with Gasteiger partial charge in [0.25, 0.3) is 5.91 Å². The Morgan fingerprint density at radius 2 is 1.96 bits per heavy atom. The van der Waals surface area contributed by atoms with Gasteiger partial charge >= 0.3 is 0 Å². The molecule has 0 radical (unpaired) electrons. The quantitative estimate of drug-likeness (QED) is 0.738. The van der Waals surface area contributed by atoms with E-state index in [1.54, 1.807) is 42.1 Å². The monoisotopic (exact) mass is 347 g/mol. The topological polar surface area (TPSA) is 92.8 Å². The number of carbonyl (C=O) groups excluding carboxylic acids is 1. The van der Waals surface area contributed by atoms with Gasteiger partial charge in [0, 0.05) is 5.69 Å². The highest BCUT2D eigenvalue weighted by molar-refractivity contribution is 5.80. The molecule has 1 N–H and O–H groups in total. The van der Waals surface area contributed by atoms with Gasteiger partial charge in [-0.05, 0) is 31.2 Å². The van der Waals surface area contributed by atoms with E-state index in [1.807, 2.05) is 36.4 Å². The van der Waals surface area contributed by atoms with E-state index in [1.165, 1.54) is 0 Å². The van der Waals surface area contributed by atoms with E-state index in [-0.39, 0.29) is 12.5 Å². The van der Waals surface area contributed by atoms with Gasteiger partial charge in [0.1, 0.15) is 18.1 Å². The molecule has 0 aliphatic rings. The fourth-order valence-corrected chi connectivity index (χ4v) is 2.40. The molecule has 3 rings (SSSR count). The highest BCUT2D eigenvalue weighted by atomic mass is 16.5. The van der Waals surface area contributed by atoms with Crippen LogP contribution in [0.2, 0.25) is 0 Å². The Labute approximate surface area is 150 Å². The molecule has 3 aromatic rings. The summed E-state index contributed by atoms with van der Waals surface area (Å²) < 4.78 is 7.41. The molecule has 26 heavy (non-hydrogen) atoms. The van der Waals surface area contributed by atoms with E-state index in [9.17, 15) is 4.79 Å². The van der Waals surface area contributed by atoms with Crippen molar-refractivity contribution < 1.29 is 9.53 Å². The lowest BCUT2D eigenvalue weighted by Gasteiger charge is -2.15. The molecule has 0 spiro atoms. The first-order valence-corrected chi connectivity index (χ1v) is 8.07. The number of nitriles is 1. The summed E-state index contributed by atoms with van der Waals surface area (Å²) in [6, 6.07) is 18.5. The van der Waals surface area contributed by atoms with Crippen LogP contribution in [-0.4, -0.2) is 26.8 Å². The Hall–Kier alpha value is -3.66. The summed E-state index contributed by atoms with van der Waals surface area (Å²) >= 11 is 0. The molecular formula is C19H17N5O2. The van der Waals surface area contributed by atoms with E-state index in [2.05, 4.69) is 15.5 Å². The Morgan fingerprint density at radius 3 is 2.73 bits per heavy atom. The van der Waals surface area contributed by atoms with E-state index in [0.29, 0.717) is 17.1 Å². The third kappa shape index (κ3) is 3.87. The van der Waals surface area contributed by atoms with Crippen molar-refractivity contribution in [1.29, 1.82) is 5.26 Å². The van der Waals surface area contributed by atoms with Crippen molar-refractivity contribution in [2.24, 2.45) is 0 Å². The molecule has 0 saturated carbocycles. The van der Waals surface area contributed by atoms with Gasteiger partial charge in [-0.25, -0.2) is 0 Å². The summed E-state index contributed by atoms with van der Waals surface area (Å²) in [5.74, 6) is 0.680. The standard InChI is InChI=1S/C19H17N5O2/c1-14(26-17-10-6-5-7-15(17)11-20)19(25)21-12-18-23-22-13-24(18)16-8-3-2-4-9-16/h2-10,13-14H,12H2,1H3,(H,21,25)/t14-/m0/s1. The maximum Gasteiger partial charge on any atom is 0.261 e. The van der Waals surface area contributed by atoms with Gasteiger partial charge < -0.3 is 10.1 Å². The molecule has 1 heterocycles. The largest absolute Gasteiger partial charge is 0.480 e. The number of hydrogen-bond donors (Lipinski definition) is 1. The highest BCUT2D eigenvalue weighted by Gasteiger charge is 2.17. The second kappa shape index (κ2) is 7.94. The number of rotatable bonds is 6. The molecule has 7 nitrogen and oxygen atoms in total. The van der Waals surface area contributed by atoms with Crippen LogP contribution in [0.25, 0.3) is 5.69 Å². The number of hydrogen-bond acceptors (Lipinski definition) is 5. The van der Waals surface area contributed by atoms with Crippen LogP contribution in [0.3, 0.4) is 0 Å². The van der Waals surface area contributed by atoms with E-state index >= 15 is 0 Å². The lowest BCUT2D eigenvalue weighted by molar-refractivity contribution is -0.127. The fourth-order valence-electron chi connectivity index (χ4n) is 2.40. The van der Waals surface area contributed by atoms with E-state index < -0.39 is 6.10 Å². The normalized spacial score (nSPS) is 11.4. The summed E-state index contributed by atoms with van der Waals surface area (Å²) in [7, 11) is 0. The summed E-state index contributed by atoms with van der Waals surface area (Å²) in [5.41, 5.74) is 1.30. The van der Waals surface area contributed by atoms with Crippen molar-refractivity contribution in [1.82, 2.24) is 20.1 Å². The number of amides is 1. The van der Waals surface area contributed by atoms with Gasteiger partial charge in [0.15, 0.2) is 11.9 Å². The molecule has 130 valence electrons. The number of aromatic nitrogens is 3. The zero-order chi connectivity index (χ0) is 18.4. The Balaban J connectivity index is 1.63. The number of para-hydroxylation sites is 2. The first-order chi connectivity index (χ1) is 12.7. The lowest BCUT2D eigenvalue weighted by Crippen LogP contribution is -2.36. The summed E-state index contributed by atoms with van der Waals surface area (Å²) in [4.78, 5) is 12.3. The van der Waals surface area contributed by atoms with E-state index in [4.69, 9.17) is 10.00 Å². The van der Waals surface area contributed by atoms with Crippen molar-refractivity contribution in [3.63, 3.8) is 0 Å². The van der Waals surface area contributed by atoms with Gasteiger partial charge in [-0.3, -0.25) is 9.36 Å². The molecule has 0 unspecified atom stereocenters. The summed E-state index contributed by atoms with van der Waals surface area (Å²) in [6.07, 6.45) is 0.845. The van der Waals surface area contributed by atoms with Crippen LogP contribution in [0, 0.1) is 11.3 Å². The summed E-state index contributed by atoms with van der Waals surface area (Å²) in [5, 5.41) is 19.8. The van der Waals surface area contributed by atoms with Crippen molar-refractivity contribution in [2.75, 3.05) is 0 Å². The molecule has 1 amide bonds. The molecule has 1 atom stereocenters. The van der Waals surface area contributed by atoms with Crippen LogP contribution >= 0.6 is 0 Å². The average Bonchev–Trinajstić information content (AvgIpc) is 3.15. The molecule has 0 fully saturated rings. The molecular weight excluding hydrogens is 330 g/mol. The molecule has 7 heteroatoms. The first-order valence-electron chi connectivity index (χ1n) is 8.07. The van der Waals surface area contributed by atoms with Crippen LogP contribution in [0.4, 0.5) is 0 Å². The third-order valence-electron chi connectivity index (χ3n) is 3.75. The van der Waals surface area contributed by atoms with Gasteiger partial charge in [-0.1, -0.05) is 30.3 Å². The van der Waals surface area contributed by atoms with Crippen LogP contribution in [0.1, 0.15) is 18.3 Å². The fraction of sp³-hybridized carbons (Fsp3) is 0.158. The van der Waals surface area contributed by atoms with Crippen LogP contribution in [0.15, 0.2) is 60.9 Å².